The van der Waals surface area contributed by atoms with Gasteiger partial charge in [-0.15, -0.1) is 0 Å². The minimum atomic E-state index is 0.0478. The summed E-state index contributed by atoms with van der Waals surface area (Å²) in [4.78, 5) is 0. The molecule has 0 aliphatic carbocycles. The van der Waals surface area contributed by atoms with Crippen LogP contribution in [0.25, 0.3) is 0 Å². The Morgan fingerprint density at radius 2 is 0.500 bits per heavy atom. The molecule has 60 valence electrons. The average molecular weight is 221 g/mol. The van der Waals surface area contributed by atoms with Crippen LogP contribution in [0.5, 0.6) is 0 Å². The van der Waals surface area contributed by atoms with Gasteiger partial charge in [-0.25, -0.2) is 0 Å². The van der Waals surface area contributed by atoms with Crippen LogP contribution in [0.1, 0.15) is 0 Å². The maximum Gasteiger partial charge on any atom is 0.0108 e. The van der Waals surface area contributed by atoms with Crippen LogP contribution in [0.3, 0.4) is 0 Å². The molecule has 10 heavy (non-hydrogen) atoms. The quantitative estimate of drug-likeness (QED) is 0.491. The maximum absolute atomic E-state index is 2.73. The first-order chi connectivity index (χ1) is 4.55. The fourth-order valence-electron chi connectivity index (χ4n) is 2.39. The van der Waals surface area contributed by atoms with Gasteiger partial charge in [-0.05, 0) is 0 Å². The zero-order valence-electron chi connectivity index (χ0n) is 7.89. The summed E-state index contributed by atoms with van der Waals surface area (Å²) in [6, 6.07) is 0. The van der Waals surface area contributed by atoms with Crippen molar-refractivity contribution in [2.75, 3.05) is 0 Å². The molecule has 0 unspecified atom stereocenters. The fourth-order valence-corrected chi connectivity index (χ4v) is 194. The third kappa shape index (κ3) is 1.34. The van der Waals surface area contributed by atoms with Gasteiger partial charge in [0.25, 0.3) is 0 Å². The highest BCUT2D eigenvalue weighted by Crippen LogP contribution is 2.14. The highest BCUT2D eigenvalue weighted by molar-refractivity contribution is 7.95. The van der Waals surface area contributed by atoms with Crippen LogP contribution in [0.15, 0.2) is 0 Å². The van der Waals surface area contributed by atoms with Crippen molar-refractivity contribution in [3.8, 4) is 0 Å². The van der Waals surface area contributed by atoms with Crippen LogP contribution in [-0.4, -0.2) is 39.2 Å². The van der Waals surface area contributed by atoms with Crippen LogP contribution >= 0.6 is 0 Å². The first kappa shape index (κ1) is 9.17. The Balaban J connectivity index is 2.68. The smallest absolute Gasteiger partial charge is 0.0108 e. The molecule has 0 aromatic heterocycles. The second-order valence-electron chi connectivity index (χ2n) is 4.30. The highest BCUT2D eigenvalue weighted by Gasteiger charge is 2.42. The molecule has 0 spiro atoms. The SMILES string of the molecule is C[SiH]1[SiH](C)[SiH](C)[SiH](C)[SiH]1C. The molecule has 0 nitrogen and oxygen atoms in total. The summed E-state index contributed by atoms with van der Waals surface area (Å²) in [6.45, 7) is 13.6. The van der Waals surface area contributed by atoms with Crippen LogP contribution in [0, 0.1) is 0 Å². The van der Waals surface area contributed by atoms with Gasteiger partial charge in [-0.3, -0.25) is 0 Å². The Hall–Kier alpha value is 1.08. The number of rotatable bonds is 0. The van der Waals surface area contributed by atoms with Crippen molar-refractivity contribution in [2.45, 2.75) is 32.7 Å². The summed E-state index contributed by atoms with van der Waals surface area (Å²) in [6.07, 6.45) is 0. The predicted molar refractivity (Wildman–Crippen MR) is 65.1 cm³/mol. The summed E-state index contributed by atoms with van der Waals surface area (Å²) in [5, 5.41) is 0. The molecule has 1 fully saturated rings. The van der Waals surface area contributed by atoms with E-state index in [-0.39, 0.29) is 39.2 Å². The zero-order valence-corrected chi connectivity index (χ0v) is 13.7. The Kier molecular flexibility index (Phi) is 2.95. The lowest BCUT2D eigenvalue weighted by molar-refractivity contribution is 2.18. The van der Waals surface area contributed by atoms with Crippen molar-refractivity contribution < 1.29 is 0 Å². The monoisotopic (exact) mass is 220 g/mol. The molecule has 1 saturated heterocycles. The molecule has 1 aliphatic rings. The van der Waals surface area contributed by atoms with Gasteiger partial charge in [0.05, 0.1) is 0 Å². The van der Waals surface area contributed by atoms with Crippen molar-refractivity contribution in [3.63, 3.8) is 0 Å². The van der Waals surface area contributed by atoms with E-state index in [1.54, 1.807) is 0 Å². The van der Waals surface area contributed by atoms with E-state index in [2.05, 4.69) is 32.7 Å². The van der Waals surface area contributed by atoms with Gasteiger partial charge < -0.3 is 0 Å². The summed E-state index contributed by atoms with van der Waals surface area (Å²) >= 11 is 0. The van der Waals surface area contributed by atoms with Gasteiger partial charge in [0.1, 0.15) is 0 Å². The van der Waals surface area contributed by atoms with Crippen LogP contribution in [-0.2, 0) is 0 Å². The van der Waals surface area contributed by atoms with Crippen LogP contribution in [0.4, 0.5) is 0 Å². The molecule has 0 aromatic carbocycles. The van der Waals surface area contributed by atoms with E-state index in [1.807, 2.05) is 0 Å². The minimum absolute atomic E-state index is 0.0478. The molecule has 5 heteroatoms. The number of hydrogen-bond donors (Lipinski definition) is 0. The van der Waals surface area contributed by atoms with Gasteiger partial charge >= 0.3 is 0 Å². The molecule has 0 atom stereocenters. The first-order valence-electron chi connectivity index (χ1n) is 4.55. The molecule has 0 amide bonds. The zero-order chi connectivity index (χ0) is 7.89. The molecular formula is C5H20Si5. The Morgan fingerprint density at radius 1 is 0.400 bits per heavy atom. The van der Waals surface area contributed by atoms with E-state index in [9.17, 15) is 0 Å². The third-order valence-electron chi connectivity index (χ3n) is 4.15. The molecular weight excluding hydrogens is 200 g/mol. The van der Waals surface area contributed by atoms with E-state index < -0.39 is 0 Å². The predicted octanol–water partition coefficient (Wildman–Crippen LogP) is -0.324. The fraction of sp³-hybridized carbons (Fsp3) is 1.00. The first-order valence-corrected chi connectivity index (χ1v) is 23.7. The third-order valence-corrected chi connectivity index (χ3v) is 112. The summed E-state index contributed by atoms with van der Waals surface area (Å²) < 4.78 is 0. The lowest BCUT2D eigenvalue weighted by Crippen LogP contribution is -2.38. The largest absolute Gasteiger partial charge is 0.0765 e. The molecule has 1 rings (SSSR count). The van der Waals surface area contributed by atoms with E-state index in [4.69, 9.17) is 0 Å². The Labute approximate surface area is 72.0 Å². The Morgan fingerprint density at radius 3 is 0.600 bits per heavy atom. The molecule has 0 aromatic rings. The Bertz CT molecular complexity index is 82.4. The highest BCUT2D eigenvalue weighted by atomic mass is 30.1. The second kappa shape index (κ2) is 3.22. The molecule has 0 radical (unpaired) electrons. The molecule has 0 saturated carbocycles. The van der Waals surface area contributed by atoms with Gasteiger partial charge in [-0.2, -0.15) is 0 Å². The van der Waals surface area contributed by atoms with Gasteiger partial charge in [0, 0.05) is 39.2 Å². The minimum Gasteiger partial charge on any atom is -0.0765 e. The normalized spacial score (nSPS) is 55.5. The van der Waals surface area contributed by atoms with E-state index in [1.165, 1.54) is 0 Å². The lowest BCUT2D eigenvalue weighted by Gasteiger charge is -2.10. The van der Waals surface area contributed by atoms with Crippen molar-refractivity contribution >= 4 is 39.2 Å². The maximum atomic E-state index is 2.73. The van der Waals surface area contributed by atoms with E-state index in [0.29, 0.717) is 0 Å². The van der Waals surface area contributed by atoms with Gasteiger partial charge in [-0.1, -0.05) is 32.7 Å². The molecule has 0 bridgehead atoms. The second-order valence-corrected chi connectivity index (χ2v) is 56.0. The van der Waals surface area contributed by atoms with Gasteiger partial charge in [0.2, 0.25) is 0 Å². The molecule has 1 aliphatic heterocycles. The standard InChI is InChI=1S/C5H20Si5/c1-6-7(2)9(4)10(5)8(6)3/h6-10H,1-5H3. The summed E-state index contributed by atoms with van der Waals surface area (Å²) in [5.74, 6) is 0. The van der Waals surface area contributed by atoms with Crippen LogP contribution in [0.2, 0.25) is 32.7 Å². The molecule has 0 N–H and O–H groups in total. The summed E-state index contributed by atoms with van der Waals surface area (Å²) in [7, 11) is 0.239. The lowest BCUT2D eigenvalue weighted by atomic mass is 11.9. The van der Waals surface area contributed by atoms with Crippen molar-refractivity contribution in [1.82, 2.24) is 0 Å². The van der Waals surface area contributed by atoms with Crippen molar-refractivity contribution in [3.05, 3.63) is 0 Å². The summed E-state index contributed by atoms with van der Waals surface area (Å²) in [5.41, 5.74) is 0. The van der Waals surface area contributed by atoms with E-state index in [0.717, 1.165) is 0 Å². The molecule has 1 heterocycles. The van der Waals surface area contributed by atoms with Gasteiger partial charge in [0.15, 0.2) is 0 Å². The number of hydrogen-bond acceptors (Lipinski definition) is 0. The topological polar surface area (TPSA) is 0 Å². The van der Waals surface area contributed by atoms with E-state index >= 15 is 0 Å². The van der Waals surface area contributed by atoms with Crippen molar-refractivity contribution in [2.24, 2.45) is 0 Å². The average Bonchev–Trinajstić information content (AvgIpc) is 2.07. The van der Waals surface area contributed by atoms with Crippen molar-refractivity contribution in [1.29, 1.82) is 0 Å². The van der Waals surface area contributed by atoms with Crippen LogP contribution < -0.4 is 0 Å².